The van der Waals surface area contributed by atoms with Crippen LogP contribution in [0.25, 0.3) is 0 Å². The lowest BCUT2D eigenvalue weighted by atomic mass is 10.2. The Labute approximate surface area is 66.0 Å². The van der Waals surface area contributed by atoms with Gasteiger partial charge < -0.3 is 5.73 Å². The second-order valence-corrected chi connectivity index (χ2v) is 2.06. The van der Waals surface area contributed by atoms with Crippen molar-refractivity contribution in [2.24, 2.45) is 0 Å². The molecule has 0 aliphatic rings. The van der Waals surface area contributed by atoms with Gasteiger partial charge in [-0.3, -0.25) is 0 Å². The molecular formula is C7H3F3N2. The summed E-state index contributed by atoms with van der Waals surface area (Å²) in [6.45, 7) is 0. The predicted octanol–water partition coefficient (Wildman–Crippen LogP) is 1.56. The molecule has 0 fully saturated rings. The van der Waals surface area contributed by atoms with Gasteiger partial charge in [0, 0.05) is 6.07 Å². The molecule has 0 atom stereocenters. The SMILES string of the molecule is N#Cc1c(N)cc(F)c(F)c1F. The van der Waals surface area contributed by atoms with Crippen LogP contribution >= 0.6 is 0 Å². The Hall–Kier alpha value is -1.70. The molecule has 0 unspecified atom stereocenters. The van der Waals surface area contributed by atoms with E-state index in [2.05, 4.69) is 0 Å². The fourth-order valence-electron chi connectivity index (χ4n) is 0.727. The van der Waals surface area contributed by atoms with E-state index < -0.39 is 28.7 Å². The number of rotatable bonds is 0. The number of anilines is 1. The van der Waals surface area contributed by atoms with Crippen LogP contribution in [0.2, 0.25) is 0 Å². The van der Waals surface area contributed by atoms with Gasteiger partial charge in [0.05, 0.1) is 5.69 Å². The summed E-state index contributed by atoms with van der Waals surface area (Å²) in [6, 6.07) is 1.89. The van der Waals surface area contributed by atoms with E-state index in [1.54, 1.807) is 0 Å². The number of nitrogen functional groups attached to an aromatic ring is 1. The molecule has 62 valence electrons. The highest BCUT2D eigenvalue weighted by atomic mass is 19.2. The van der Waals surface area contributed by atoms with Crippen molar-refractivity contribution in [1.29, 1.82) is 5.26 Å². The second-order valence-electron chi connectivity index (χ2n) is 2.06. The first kappa shape index (κ1) is 8.40. The highest BCUT2D eigenvalue weighted by Gasteiger charge is 2.16. The Balaban J connectivity index is 3.54. The molecule has 0 aliphatic heterocycles. The van der Waals surface area contributed by atoms with E-state index in [1.807, 2.05) is 0 Å². The van der Waals surface area contributed by atoms with Gasteiger partial charge in [-0.25, -0.2) is 13.2 Å². The van der Waals surface area contributed by atoms with Gasteiger partial charge >= 0.3 is 0 Å². The van der Waals surface area contributed by atoms with Crippen molar-refractivity contribution in [1.82, 2.24) is 0 Å². The van der Waals surface area contributed by atoms with Crippen molar-refractivity contribution >= 4 is 5.69 Å². The van der Waals surface area contributed by atoms with Gasteiger partial charge in [0.1, 0.15) is 11.6 Å². The van der Waals surface area contributed by atoms with Crippen molar-refractivity contribution in [3.8, 4) is 6.07 Å². The number of benzene rings is 1. The number of hydrogen-bond acceptors (Lipinski definition) is 2. The summed E-state index contributed by atoms with van der Waals surface area (Å²) in [5, 5.41) is 8.26. The van der Waals surface area contributed by atoms with Gasteiger partial charge in [-0.05, 0) is 0 Å². The van der Waals surface area contributed by atoms with Gasteiger partial charge in [0.25, 0.3) is 0 Å². The molecule has 1 aromatic rings. The summed E-state index contributed by atoms with van der Waals surface area (Å²) < 4.78 is 37.4. The van der Waals surface area contributed by atoms with Crippen molar-refractivity contribution in [3.05, 3.63) is 29.1 Å². The van der Waals surface area contributed by atoms with Gasteiger partial charge in [-0.2, -0.15) is 5.26 Å². The number of nitrogens with two attached hydrogens (primary N) is 1. The maximum absolute atomic E-state index is 12.6. The van der Waals surface area contributed by atoms with Crippen molar-refractivity contribution in [2.75, 3.05) is 5.73 Å². The molecule has 0 saturated heterocycles. The molecule has 0 heterocycles. The van der Waals surface area contributed by atoms with Crippen LogP contribution in [0.4, 0.5) is 18.9 Å². The van der Waals surface area contributed by atoms with Crippen LogP contribution in [0.15, 0.2) is 6.07 Å². The van der Waals surface area contributed by atoms with Crippen LogP contribution in [0.1, 0.15) is 5.56 Å². The Morgan fingerprint density at radius 2 is 1.83 bits per heavy atom. The first-order valence-electron chi connectivity index (χ1n) is 2.91. The lowest BCUT2D eigenvalue weighted by Gasteiger charge is -2.00. The maximum atomic E-state index is 12.6. The summed E-state index contributed by atoms with van der Waals surface area (Å²) in [7, 11) is 0. The average Bonchev–Trinajstić information content (AvgIpc) is 2.01. The third-order valence-electron chi connectivity index (χ3n) is 1.30. The van der Waals surface area contributed by atoms with E-state index >= 15 is 0 Å². The molecule has 0 amide bonds. The minimum Gasteiger partial charge on any atom is -0.397 e. The number of hydrogen-bond donors (Lipinski definition) is 1. The molecular weight excluding hydrogens is 169 g/mol. The third-order valence-corrected chi connectivity index (χ3v) is 1.30. The Bertz CT molecular complexity index is 368. The molecule has 2 nitrogen and oxygen atoms in total. The van der Waals surface area contributed by atoms with Crippen LogP contribution in [0, 0.1) is 28.8 Å². The Kier molecular flexibility index (Phi) is 1.92. The van der Waals surface area contributed by atoms with Gasteiger partial charge in [-0.15, -0.1) is 0 Å². The number of nitriles is 1. The molecule has 5 heteroatoms. The highest BCUT2D eigenvalue weighted by molar-refractivity contribution is 5.54. The fourth-order valence-corrected chi connectivity index (χ4v) is 0.727. The summed E-state index contributed by atoms with van der Waals surface area (Å²) in [5.74, 6) is -4.63. The third kappa shape index (κ3) is 1.07. The first-order chi connectivity index (χ1) is 5.57. The zero-order valence-electron chi connectivity index (χ0n) is 5.74. The quantitative estimate of drug-likeness (QED) is 0.476. The molecule has 12 heavy (non-hydrogen) atoms. The standard InChI is InChI=1S/C7H3F3N2/c8-4-1-5(12)3(2-11)6(9)7(4)10/h1H,12H2. The first-order valence-corrected chi connectivity index (χ1v) is 2.91. The normalized spacial score (nSPS) is 9.50. The van der Waals surface area contributed by atoms with Crippen LogP contribution in [-0.4, -0.2) is 0 Å². The van der Waals surface area contributed by atoms with Crippen molar-refractivity contribution in [2.45, 2.75) is 0 Å². The Morgan fingerprint density at radius 1 is 1.25 bits per heavy atom. The summed E-state index contributed by atoms with van der Waals surface area (Å²) in [6.07, 6.45) is 0. The van der Waals surface area contributed by atoms with E-state index in [0.717, 1.165) is 0 Å². The maximum Gasteiger partial charge on any atom is 0.195 e. The number of halogens is 3. The van der Waals surface area contributed by atoms with Crippen molar-refractivity contribution < 1.29 is 13.2 Å². The van der Waals surface area contributed by atoms with E-state index in [-0.39, 0.29) is 0 Å². The highest BCUT2D eigenvalue weighted by Crippen LogP contribution is 2.20. The topological polar surface area (TPSA) is 49.8 Å². The average molecular weight is 172 g/mol. The molecule has 1 rings (SSSR count). The molecule has 0 aromatic heterocycles. The molecule has 2 N–H and O–H groups in total. The lowest BCUT2D eigenvalue weighted by Crippen LogP contribution is -2.00. The monoisotopic (exact) mass is 172 g/mol. The van der Waals surface area contributed by atoms with Crippen LogP contribution in [0.5, 0.6) is 0 Å². The van der Waals surface area contributed by atoms with Crippen molar-refractivity contribution in [3.63, 3.8) is 0 Å². The summed E-state index contributed by atoms with van der Waals surface area (Å²) in [4.78, 5) is 0. The number of nitrogens with zero attached hydrogens (tertiary/aromatic N) is 1. The van der Waals surface area contributed by atoms with E-state index in [4.69, 9.17) is 11.0 Å². The molecule has 0 aliphatic carbocycles. The zero-order chi connectivity index (χ0) is 9.30. The van der Waals surface area contributed by atoms with Gasteiger partial charge in [0.15, 0.2) is 17.5 Å². The molecule has 0 bridgehead atoms. The second kappa shape index (κ2) is 2.74. The predicted molar refractivity (Wildman–Crippen MR) is 35.4 cm³/mol. The smallest absolute Gasteiger partial charge is 0.195 e. The zero-order valence-corrected chi connectivity index (χ0v) is 5.74. The van der Waals surface area contributed by atoms with Gasteiger partial charge in [-0.1, -0.05) is 0 Å². The largest absolute Gasteiger partial charge is 0.397 e. The van der Waals surface area contributed by atoms with E-state index in [0.29, 0.717) is 6.07 Å². The minimum atomic E-state index is -1.68. The summed E-state index contributed by atoms with van der Waals surface area (Å²) in [5.41, 5.74) is 3.95. The van der Waals surface area contributed by atoms with Crippen LogP contribution in [-0.2, 0) is 0 Å². The van der Waals surface area contributed by atoms with Gasteiger partial charge in [0.2, 0.25) is 0 Å². The minimum absolute atomic E-state index is 0.408. The molecule has 0 saturated carbocycles. The fraction of sp³-hybridized carbons (Fsp3) is 0. The van der Waals surface area contributed by atoms with E-state index in [9.17, 15) is 13.2 Å². The summed E-state index contributed by atoms with van der Waals surface area (Å²) >= 11 is 0. The molecule has 0 spiro atoms. The van der Waals surface area contributed by atoms with Crippen LogP contribution < -0.4 is 5.73 Å². The molecule has 0 radical (unpaired) electrons. The molecule has 1 aromatic carbocycles. The Morgan fingerprint density at radius 3 is 2.33 bits per heavy atom. The van der Waals surface area contributed by atoms with E-state index in [1.165, 1.54) is 6.07 Å². The van der Waals surface area contributed by atoms with Crippen LogP contribution in [0.3, 0.4) is 0 Å². The lowest BCUT2D eigenvalue weighted by molar-refractivity contribution is 0.446.